The molecule has 8 heteroatoms. The number of amides is 1. The minimum atomic E-state index is -0.275. The number of fused-ring (bicyclic) bond motifs is 1. The summed E-state index contributed by atoms with van der Waals surface area (Å²) < 4.78 is 5.32. The summed E-state index contributed by atoms with van der Waals surface area (Å²) in [6.45, 7) is 0. The van der Waals surface area contributed by atoms with Gasteiger partial charge in [0, 0.05) is 11.8 Å². The number of carbonyl (C=O) groups excluding carboxylic acids is 1. The van der Waals surface area contributed by atoms with Crippen LogP contribution in [0.4, 0.5) is 0 Å². The molecule has 1 unspecified atom stereocenters. The zero-order valence-electron chi connectivity index (χ0n) is 14.6. The Morgan fingerprint density at radius 1 is 1.15 bits per heavy atom. The van der Waals surface area contributed by atoms with Crippen molar-refractivity contribution in [2.24, 2.45) is 0 Å². The van der Waals surface area contributed by atoms with E-state index in [1.54, 1.807) is 7.11 Å². The lowest BCUT2D eigenvalue weighted by molar-refractivity contribution is 0.0932. The Morgan fingerprint density at radius 3 is 2.74 bits per heavy atom. The Balaban J connectivity index is 1.64. The lowest BCUT2D eigenvalue weighted by atomic mass is 10.0. The number of carbonyl (C=O) groups is 1. The predicted molar refractivity (Wildman–Crippen MR) is 99.4 cm³/mol. The van der Waals surface area contributed by atoms with Crippen molar-refractivity contribution in [1.82, 2.24) is 30.7 Å². The highest BCUT2D eigenvalue weighted by atomic mass is 16.5. The van der Waals surface area contributed by atoms with E-state index in [1.165, 1.54) is 6.33 Å². The van der Waals surface area contributed by atoms with E-state index < -0.39 is 0 Å². The third-order valence-corrected chi connectivity index (χ3v) is 4.37. The number of nitrogens with zero attached hydrogens (tertiary/aromatic N) is 3. The molecule has 8 nitrogen and oxygen atoms in total. The number of ether oxygens (including phenoxy) is 1. The Hall–Kier alpha value is -3.68. The number of hydrogen-bond donors (Lipinski definition) is 3. The maximum Gasteiger partial charge on any atom is 0.272 e. The van der Waals surface area contributed by atoms with Crippen LogP contribution in [0.2, 0.25) is 0 Å². The summed E-state index contributed by atoms with van der Waals surface area (Å²) in [7, 11) is 1.58. The number of nitrogens with one attached hydrogen (secondary N) is 3. The van der Waals surface area contributed by atoms with Crippen molar-refractivity contribution in [1.29, 1.82) is 0 Å². The monoisotopic (exact) mass is 362 g/mol. The van der Waals surface area contributed by atoms with Gasteiger partial charge in [0.25, 0.3) is 5.91 Å². The van der Waals surface area contributed by atoms with Crippen LogP contribution < -0.4 is 10.1 Å². The molecule has 0 saturated carbocycles. The predicted octanol–water partition coefficient (Wildman–Crippen LogP) is 2.40. The molecule has 1 amide bonds. The van der Waals surface area contributed by atoms with E-state index in [1.807, 2.05) is 48.5 Å². The number of para-hydroxylation sites is 1. The topological polar surface area (TPSA) is 109 Å². The Morgan fingerprint density at radius 2 is 2.00 bits per heavy atom. The van der Waals surface area contributed by atoms with Crippen LogP contribution in [0, 0.1) is 0 Å². The SMILES string of the molecule is COc1cccc2c(C(=O)NC(Cc3ncn[nH]3)c3ccccc3)n[nH]c12. The van der Waals surface area contributed by atoms with E-state index in [0.29, 0.717) is 34.6 Å². The van der Waals surface area contributed by atoms with Gasteiger partial charge in [-0.1, -0.05) is 42.5 Å². The molecule has 0 aliphatic heterocycles. The maximum atomic E-state index is 13.0. The van der Waals surface area contributed by atoms with E-state index in [2.05, 4.69) is 30.7 Å². The molecule has 0 radical (unpaired) electrons. The van der Waals surface area contributed by atoms with Gasteiger partial charge in [0.1, 0.15) is 23.4 Å². The fourth-order valence-corrected chi connectivity index (χ4v) is 3.05. The molecule has 1 atom stereocenters. The number of aromatic nitrogens is 5. The van der Waals surface area contributed by atoms with E-state index in [-0.39, 0.29) is 11.9 Å². The van der Waals surface area contributed by atoms with Gasteiger partial charge in [-0.2, -0.15) is 10.2 Å². The molecule has 3 N–H and O–H groups in total. The van der Waals surface area contributed by atoms with Crippen LogP contribution in [0.5, 0.6) is 5.75 Å². The van der Waals surface area contributed by atoms with Crippen molar-refractivity contribution in [2.45, 2.75) is 12.5 Å². The third kappa shape index (κ3) is 3.37. The number of rotatable bonds is 6. The van der Waals surface area contributed by atoms with Gasteiger partial charge in [0.2, 0.25) is 0 Å². The van der Waals surface area contributed by atoms with Crippen molar-refractivity contribution in [2.75, 3.05) is 7.11 Å². The first kappa shape index (κ1) is 16.8. The first-order valence-corrected chi connectivity index (χ1v) is 8.47. The van der Waals surface area contributed by atoms with Crippen LogP contribution in [0.1, 0.15) is 27.9 Å². The minimum Gasteiger partial charge on any atom is -0.494 e. The summed E-state index contributed by atoms with van der Waals surface area (Å²) in [6.07, 6.45) is 1.94. The van der Waals surface area contributed by atoms with Crippen molar-refractivity contribution >= 4 is 16.8 Å². The van der Waals surface area contributed by atoms with Gasteiger partial charge >= 0.3 is 0 Å². The molecular formula is C19H18N6O2. The molecule has 0 aliphatic carbocycles. The zero-order chi connectivity index (χ0) is 18.6. The van der Waals surface area contributed by atoms with Crippen LogP contribution in [0.3, 0.4) is 0 Å². The molecule has 0 fully saturated rings. The Labute approximate surface area is 155 Å². The van der Waals surface area contributed by atoms with Crippen LogP contribution in [-0.2, 0) is 6.42 Å². The number of aromatic amines is 2. The number of hydrogen-bond acceptors (Lipinski definition) is 5. The Bertz CT molecular complexity index is 1040. The molecule has 136 valence electrons. The minimum absolute atomic E-state index is 0.274. The second kappa shape index (κ2) is 7.28. The fraction of sp³-hybridized carbons (Fsp3) is 0.158. The average molecular weight is 362 g/mol. The van der Waals surface area contributed by atoms with Gasteiger partial charge in [-0.05, 0) is 11.6 Å². The van der Waals surface area contributed by atoms with Crippen molar-refractivity contribution in [3.63, 3.8) is 0 Å². The number of H-pyrrole nitrogens is 2. The normalized spacial score (nSPS) is 12.0. The first-order valence-electron chi connectivity index (χ1n) is 8.47. The molecular weight excluding hydrogens is 344 g/mol. The quantitative estimate of drug-likeness (QED) is 0.488. The molecule has 4 aromatic rings. The standard InChI is InChI=1S/C19H18N6O2/c1-27-15-9-5-8-13-17(15)24-25-18(13)19(26)22-14(10-16-20-11-21-23-16)12-6-3-2-4-7-12/h2-9,11,14H,10H2,1H3,(H,22,26)(H,24,25)(H,20,21,23). The molecule has 0 spiro atoms. The van der Waals surface area contributed by atoms with Crippen LogP contribution in [-0.4, -0.2) is 38.4 Å². The molecule has 2 heterocycles. The van der Waals surface area contributed by atoms with E-state index in [4.69, 9.17) is 4.74 Å². The van der Waals surface area contributed by atoms with Crippen molar-refractivity contribution in [3.05, 3.63) is 71.9 Å². The van der Waals surface area contributed by atoms with Gasteiger partial charge in [-0.25, -0.2) is 4.98 Å². The summed E-state index contributed by atoms with van der Waals surface area (Å²) in [5.74, 6) is 1.06. The van der Waals surface area contributed by atoms with Gasteiger partial charge < -0.3 is 10.1 Å². The van der Waals surface area contributed by atoms with Crippen LogP contribution in [0.15, 0.2) is 54.9 Å². The second-order valence-corrected chi connectivity index (χ2v) is 6.03. The van der Waals surface area contributed by atoms with E-state index in [0.717, 1.165) is 5.56 Å². The molecule has 4 rings (SSSR count). The molecule has 27 heavy (non-hydrogen) atoms. The average Bonchev–Trinajstić information content (AvgIpc) is 3.37. The van der Waals surface area contributed by atoms with Gasteiger partial charge in [-0.15, -0.1) is 0 Å². The van der Waals surface area contributed by atoms with Gasteiger partial charge in [0.15, 0.2) is 5.69 Å². The smallest absolute Gasteiger partial charge is 0.272 e. The molecule has 2 aromatic heterocycles. The summed E-state index contributed by atoms with van der Waals surface area (Å²) in [5, 5.41) is 17.6. The highest BCUT2D eigenvalue weighted by Crippen LogP contribution is 2.26. The van der Waals surface area contributed by atoms with Crippen molar-refractivity contribution < 1.29 is 9.53 Å². The first-order chi connectivity index (χ1) is 13.3. The number of benzene rings is 2. The van der Waals surface area contributed by atoms with E-state index >= 15 is 0 Å². The maximum absolute atomic E-state index is 13.0. The molecule has 2 aromatic carbocycles. The third-order valence-electron chi connectivity index (χ3n) is 4.37. The summed E-state index contributed by atoms with van der Waals surface area (Å²) in [6, 6.07) is 14.9. The van der Waals surface area contributed by atoms with Crippen LogP contribution in [0.25, 0.3) is 10.9 Å². The lowest BCUT2D eigenvalue weighted by Gasteiger charge is -2.17. The summed E-state index contributed by atoms with van der Waals surface area (Å²) in [5.41, 5.74) is 1.98. The van der Waals surface area contributed by atoms with Crippen molar-refractivity contribution in [3.8, 4) is 5.75 Å². The summed E-state index contributed by atoms with van der Waals surface area (Å²) in [4.78, 5) is 17.1. The number of methoxy groups -OCH3 is 1. The van der Waals surface area contributed by atoms with Crippen LogP contribution >= 0.6 is 0 Å². The highest BCUT2D eigenvalue weighted by Gasteiger charge is 2.21. The summed E-state index contributed by atoms with van der Waals surface area (Å²) >= 11 is 0. The van der Waals surface area contributed by atoms with Gasteiger partial charge in [-0.3, -0.25) is 15.0 Å². The van der Waals surface area contributed by atoms with Gasteiger partial charge in [0.05, 0.1) is 13.2 Å². The van der Waals surface area contributed by atoms with E-state index in [9.17, 15) is 4.79 Å². The highest BCUT2D eigenvalue weighted by molar-refractivity contribution is 6.06. The molecule has 0 bridgehead atoms. The molecule has 0 aliphatic rings. The fourth-order valence-electron chi connectivity index (χ4n) is 3.05. The zero-order valence-corrected chi connectivity index (χ0v) is 14.6. The largest absolute Gasteiger partial charge is 0.494 e. The lowest BCUT2D eigenvalue weighted by Crippen LogP contribution is -2.30. The molecule has 0 saturated heterocycles. The second-order valence-electron chi connectivity index (χ2n) is 6.03. The Kier molecular flexibility index (Phi) is 4.52.